The summed E-state index contributed by atoms with van der Waals surface area (Å²) in [7, 11) is 0. The molecule has 0 aliphatic rings. The van der Waals surface area contributed by atoms with Gasteiger partial charge in [0.05, 0.1) is 5.56 Å². The van der Waals surface area contributed by atoms with E-state index in [1.165, 1.54) is 6.07 Å². The van der Waals surface area contributed by atoms with E-state index >= 15 is 0 Å². The predicted molar refractivity (Wildman–Crippen MR) is 92.7 cm³/mol. The fraction of sp³-hybridized carbons (Fsp3) is 0.0526. The number of ketones is 1. The summed E-state index contributed by atoms with van der Waals surface area (Å²) >= 11 is 5.82. The van der Waals surface area contributed by atoms with Gasteiger partial charge < -0.3 is 9.73 Å². The van der Waals surface area contributed by atoms with Crippen LogP contribution in [0.15, 0.2) is 65.1 Å². The van der Waals surface area contributed by atoms with E-state index in [1.807, 2.05) is 6.07 Å². The highest BCUT2D eigenvalue weighted by Gasteiger charge is 2.20. The molecule has 0 saturated heterocycles. The minimum Gasteiger partial charge on any atom is -0.457 e. The third-order valence-corrected chi connectivity index (χ3v) is 3.78. The first kappa shape index (κ1) is 16.0. The molecule has 3 aromatic rings. The third-order valence-electron chi connectivity index (χ3n) is 3.52. The highest BCUT2D eigenvalue weighted by Crippen LogP contribution is 2.20. The van der Waals surface area contributed by atoms with Crippen LogP contribution in [0.3, 0.4) is 0 Å². The summed E-state index contributed by atoms with van der Waals surface area (Å²) in [6.45, 7) is 1.65. The van der Waals surface area contributed by atoms with E-state index in [-0.39, 0.29) is 17.5 Å². The number of halogens is 1. The number of hydrogen-bond acceptors (Lipinski definition) is 3. The second-order valence-electron chi connectivity index (χ2n) is 5.24. The molecule has 0 aliphatic carbocycles. The molecule has 0 radical (unpaired) electrons. The van der Waals surface area contributed by atoms with Gasteiger partial charge in [-0.2, -0.15) is 0 Å². The largest absolute Gasteiger partial charge is 0.457 e. The molecular weight excluding hydrogens is 326 g/mol. The molecule has 4 nitrogen and oxygen atoms in total. The maximum absolute atomic E-state index is 12.4. The van der Waals surface area contributed by atoms with Crippen molar-refractivity contribution in [2.75, 3.05) is 5.32 Å². The first-order chi connectivity index (χ1) is 11.5. The molecule has 1 N–H and O–H groups in total. The fourth-order valence-electron chi connectivity index (χ4n) is 2.28. The molecule has 0 spiro atoms. The lowest BCUT2D eigenvalue weighted by atomic mass is 10.1. The van der Waals surface area contributed by atoms with E-state index in [0.717, 1.165) is 0 Å². The van der Waals surface area contributed by atoms with Crippen LogP contribution in [0.2, 0.25) is 5.02 Å². The molecule has 0 bridgehead atoms. The molecule has 0 atom stereocenters. The summed E-state index contributed by atoms with van der Waals surface area (Å²) < 4.78 is 5.48. The van der Waals surface area contributed by atoms with Crippen LogP contribution in [-0.4, -0.2) is 11.7 Å². The number of furan rings is 1. The lowest BCUT2D eigenvalue weighted by molar-refractivity contribution is 0.100. The van der Waals surface area contributed by atoms with Gasteiger partial charge in [0, 0.05) is 22.3 Å². The summed E-state index contributed by atoms with van der Waals surface area (Å²) in [6.07, 6.45) is 0. The minimum absolute atomic E-state index is 0.139. The van der Waals surface area contributed by atoms with E-state index in [1.54, 1.807) is 55.5 Å². The normalized spacial score (nSPS) is 10.4. The summed E-state index contributed by atoms with van der Waals surface area (Å²) in [5.41, 5.74) is 1.45. The highest BCUT2D eigenvalue weighted by atomic mass is 35.5. The molecule has 0 unspecified atom stereocenters. The van der Waals surface area contributed by atoms with Crippen molar-refractivity contribution in [3.8, 4) is 0 Å². The van der Waals surface area contributed by atoms with Crippen molar-refractivity contribution >= 4 is 29.0 Å². The topological polar surface area (TPSA) is 59.3 Å². The van der Waals surface area contributed by atoms with Crippen molar-refractivity contribution in [1.29, 1.82) is 0 Å². The van der Waals surface area contributed by atoms with Gasteiger partial charge in [-0.15, -0.1) is 0 Å². The Morgan fingerprint density at radius 1 is 1.00 bits per heavy atom. The van der Waals surface area contributed by atoms with Crippen LogP contribution in [0.4, 0.5) is 5.69 Å². The Kier molecular flexibility index (Phi) is 4.49. The molecule has 0 aliphatic heterocycles. The summed E-state index contributed by atoms with van der Waals surface area (Å²) in [6, 6.07) is 17.0. The van der Waals surface area contributed by atoms with Crippen LogP contribution in [0.25, 0.3) is 0 Å². The molecular formula is C19H14ClNO3. The summed E-state index contributed by atoms with van der Waals surface area (Å²) in [5, 5.41) is 3.34. The first-order valence-corrected chi connectivity index (χ1v) is 7.69. The quantitative estimate of drug-likeness (QED) is 0.699. The van der Waals surface area contributed by atoms with Crippen LogP contribution in [-0.2, 0) is 0 Å². The molecule has 24 heavy (non-hydrogen) atoms. The summed E-state index contributed by atoms with van der Waals surface area (Å²) in [4.78, 5) is 24.8. The van der Waals surface area contributed by atoms with Crippen molar-refractivity contribution in [1.82, 2.24) is 0 Å². The van der Waals surface area contributed by atoms with Crippen molar-refractivity contribution in [2.45, 2.75) is 6.92 Å². The van der Waals surface area contributed by atoms with Crippen LogP contribution in [0.1, 0.15) is 32.2 Å². The fourth-order valence-corrected chi connectivity index (χ4v) is 2.41. The minimum atomic E-state index is -0.342. The SMILES string of the molecule is Cc1oc(C(=O)c2ccccc2)cc1C(=O)Nc1ccc(Cl)cc1. The van der Waals surface area contributed by atoms with E-state index < -0.39 is 0 Å². The zero-order valence-corrected chi connectivity index (χ0v) is 13.6. The van der Waals surface area contributed by atoms with Gasteiger partial charge in [-0.1, -0.05) is 41.9 Å². The lowest BCUT2D eigenvalue weighted by Gasteiger charge is -2.03. The Morgan fingerprint density at radius 3 is 2.33 bits per heavy atom. The Morgan fingerprint density at radius 2 is 1.67 bits per heavy atom. The number of amides is 1. The van der Waals surface area contributed by atoms with Crippen LogP contribution < -0.4 is 5.32 Å². The number of anilines is 1. The zero-order chi connectivity index (χ0) is 17.1. The average molecular weight is 340 g/mol. The summed E-state index contributed by atoms with van der Waals surface area (Å²) in [5.74, 6) is -0.0735. The Balaban J connectivity index is 1.82. The number of nitrogens with one attached hydrogen (secondary N) is 1. The van der Waals surface area contributed by atoms with Gasteiger partial charge in [-0.25, -0.2) is 0 Å². The second-order valence-corrected chi connectivity index (χ2v) is 5.67. The standard InChI is InChI=1S/C19H14ClNO3/c1-12-16(19(23)21-15-9-7-14(20)8-10-15)11-17(24-12)18(22)13-5-3-2-4-6-13/h2-11H,1H3,(H,21,23). The number of aryl methyl sites for hydroxylation is 1. The van der Waals surface area contributed by atoms with Gasteiger partial charge in [0.1, 0.15) is 5.76 Å². The number of carbonyl (C=O) groups excluding carboxylic acids is 2. The highest BCUT2D eigenvalue weighted by molar-refractivity contribution is 6.30. The van der Waals surface area contributed by atoms with E-state index in [9.17, 15) is 9.59 Å². The van der Waals surface area contributed by atoms with Gasteiger partial charge >= 0.3 is 0 Å². The van der Waals surface area contributed by atoms with Crippen molar-refractivity contribution in [2.24, 2.45) is 0 Å². The maximum atomic E-state index is 12.4. The van der Waals surface area contributed by atoms with Gasteiger partial charge in [0.2, 0.25) is 5.78 Å². The van der Waals surface area contributed by atoms with Crippen LogP contribution in [0, 0.1) is 6.92 Å². The second kappa shape index (κ2) is 6.72. The number of rotatable bonds is 4. The van der Waals surface area contributed by atoms with Crippen LogP contribution in [0.5, 0.6) is 0 Å². The van der Waals surface area contributed by atoms with Gasteiger partial charge in [0.25, 0.3) is 5.91 Å². The predicted octanol–water partition coefficient (Wildman–Crippen LogP) is 4.72. The number of hydrogen-bond donors (Lipinski definition) is 1. The van der Waals surface area contributed by atoms with Crippen LogP contribution >= 0.6 is 11.6 Å². The molecule has 2 aromatic carbocycles. The van der Waals surface area contributed by atoms with Gasteiger partial charge in [-0.3, -0.25) is 9.59 Å². The molecule has 120 valence electrons. The van der Waals surface area contributed by atoms with E-state index in [0.29, 0.717) is 27.6 Å². The van der Waals surface area contributed by atoms with Gasteiger partial charge in [0.15, 0.2) is 5.76 Å². The Labute approximate surface area is 144 Å². The molecule has 0 fully saturated rings. The first-order valence-electron chi connectivity index (χ1n) is 7.31. The van der Waals surface area contributed by atoms with Crippen molar-refractivity contribution in [3.63, 3.8) is 0 Å². The Bertz CT molecular complexity index is 883. The molecule has 3 rings (SSSR count). The molecule has 1 heterocycles. The van der Waals surface area contributed by atoms with E-state index in [2.05, 4.69) is 5.32 Å². The molecule has 0 saturated carbocycles. The monoisotopic (exact) mass is 339 g/mol. The third kappa shape index (κ3) is 3.39. The number of carbonyl (C=O) groups is 2. The van der Waals surface area contributed by atoms with Gasteiger partial charge in [-0.05, 0) is 31.2 Å². The molecule has 1 amide bonds. The zero-order valence-electron chi connectivity index (χ0n) is 12.9. The Hall–Kier alpha value is -2.85. The van der Waals surface area contributed by atoms with E-state index in [4.69, 9.17) is 16.0 Å². The molecule has 5 heteroatoms. The van der Waals surface area contributed by atoms with Crippen molar-refractivity contribution < 1.29 is 14.0 Å². The maximum Gasteiger partial charge on any atom is 0.259 e. The number of benzene rings is 2. The van der Waals surface area contributed by atoms with Crippen molar-refractivity contribution in [3.05, 3.63) is 88.3 Å². The molecule has 1 aromatic heterocycles. The lowest BCUT2D eigenvalue weighted by Crippen LogP contribution is -2.12. The smallest absolute Gasteiger partial charge is 0.259 e. The average Bonchev–Trinajstić information content (AvgIpc) is 2.99.